The van der Waals surface area contributed by atoms with Gasteiger partial charge in [-0.25, -0.2) is 0 Å². The van der Waals surface area contributed by atoms with Crippen molar-refractivity contribution in [2.24, 2.45) is 29.4 Å². The van der Waals surface area contributed by atoms with Crippen molar-refractivity contribution in [2.45, 2.75) is 59.4 Å². The normalized spacial score (nSPS) is 32.8. The first-order valence-corrected chi connectivity index (χ1v) is 6.68. The van der Waals surface area contributed by atoms with E-state index < -0.39 is 0 Å². The summed E-state index contributed by atoms with van der Waals surface area (Å²) >= 11 is 0. The number of rotatable bonds is 4. The number of nitrogens with two attached hydrogens (primary N) is 1. The summed E-state index contributed by atoms with van der Waals surface area (Å²) in [6.45, 7) is 8.70. The first-order chi connectivity index (χ1) is 7.40. The minimum Gasteiger partial charge on any atom is -0.327 e. The van der Waals surface area contributed by atoms with Crippen LogP contribution in [0.25, 0.3) is 0 Å². The fourth-order valence-corrected chi connectivity index (χ4v) is 2.84. The summed E-state index contributed by atoms with van der Waals surface area (Å²) in [7, 11) is 0. The van der Waals surface area contributed by atoms with E-state index in [1.807, 2.05) is 0 Å². The molecule has 94 valence electrons. The molecule has 0 aliphatic heterocycles. The highest BCUT2D eigenvalue weighted by Gasteiger charge is 2.29. The number of carbonyl (C=O) groups is 1. The molecule has 0 aromatic rings. The molecule has 2 N–H and O–H groups in total. The van der Waals surface area contributed by atoms with E-state index in [1.165, 1.54) is 6.42 Å². The van der Waals surface area contributed by atoms with Gasteiger partial charge in [0.15, 0.2) is 0 Å². The highest BCUT2D eigenvalue weighted by Crippen LogP contribution is 2.34. The Hall–Kier alpha value is -0.370. The smallest absolute Gasteiger partial charge is 0.137 e. The quantitative estimate of drug-likeness (QED) is 0.799. The van der Waals surface area contributed by atoms with Gasteiger partial charge in [-0.2, -0.15) is 0 Å². The van der Waals surface area contributed by atoms with Gasteiger partial charge < -0.3 is 5.73 Å². The van der Waals surface area contributed by atoms with Crippen molar-refractivity contribution in [3.8, 4) is 0 Å². The monoisotopic (exact) mass is 225 g/mol. The van der Waals surface area contributed by atoms with Crippen molar-refractivity contribution in [1.82, 2.24) is 0 Å². The maximum Gasteiger partial charge on any atom is 0.137 e. The molecule has 0 aromatic carbocycles. The molecule has 0 aromatic heterocycles. The van der Waals surface area contributed by atoms with Crippen LogP contribution in [0, 0.1) is 23.7 Å². The van der Waals surface area contributed by atoms with Crippen molar-refractivity contribution in [1.29, 1.82) is 0 Å². The van der Waals surface area contributed by atoms with Crippen LogP contribution in [0.15, 0.2) is 0 Å². The summed E-state index contributed by atoms with van der Waals surface area (Å²) in [5.41, 5.74) is 5.97. The molecule has 1 fully saturated rings. The van der Waals surface area contributed by atoms with Crippen LogP contribution in [0.4, 0.5) is 0 Å². The summed E-state index contributed by atoms with van der Waals surface area (Å²) in [6, 6.07) is 0.0417. The van der Waals surface area contributed by atoms with Gasteiger partial charge in [0, 0.05) is 18.4 Å². The van der Waals surface area contributed by atoms with Crippen molar-refractivity contribution in [2.75, 3.05) is 0 Å². The van der Waals surface area contributed by atoms with E-state index in [4.69, 9.17) is 5.73 Å². The molecular weight excluding hydrogens is 198 g/mol. The molecule has 0 saturated heterocycles. The predicted molar refractivity (Wildman–Crippen MR) is 68.1 cm³/mol. The van der Waals surface area contributed by atoms with Crippen LogP contribution < -0.4 is 5.73 Å². The third-order valence-corrected chi connectivity index (χ3v) is 3.93. The zero-order chi connectivity index (χ0) is 12.3. The number of hydrogen-bond donors (Lipinski definition) is 1. The molecule has 0 amide bonds. The number of ketones is 1. The Morgan fingerprint density at radius 2 is 1.69 bits per heavy atom. The first-order valence-electron chi connectivity index (χ1n) is 6.68. The standard InChI is InChI=1S/C14H27NO/c1-9(2)13(15)8-14(16)12-6-10(3)5-11(4)7-12/h9-13H,5-8,15H2,1-4H3. The second kappa shape index (κ2) is 5.81. The Bertz CT molecular complexity index is 227. The van der Waals surface area contributed by atoms with E-state index in [0.717, 1.165) is 12.8 Å². The zero-order valence-electron chi connectivity index (χ0n) is 11.2. The molecule has 0 heterocycles. The van der Waals surface area contributed by atoms with Crippen molar-refractivity contribution >= 4 is 5.78 Å². The Morgan fingerprint density at radius 1 is 1.19 bits per heavy atom. The molecule has 1 rings (SSSR count). The summed E-state index contributed by atoms with van der Waals surface area (Å²) < 4.78 is 0. The molecule has 2 heteroatoms. The topological polar surface area (TPSA) is 43.1 Å². The largest absolute Gasteiger partial charge is 0.327 e. The van der Waals surface area contributed by atoms with Crippen LogP contribution in [-0.2, 0) is 4.79 Å². The van der Waals surface area contributed by atoms with Crippen molar-refractivity contribution in [3.05, 3.63) is 0 Å². The molecule has 16 heavy (non-hydrogen) atoms. The molecule has 1 aliphatic rings. The number of Topliss-reactive ketones (excluding diaryl/α,β-unsaturated/α-hetero) is 1. The molecule has 1 aliphatic carbocycles. The average Bonchev–Trinajstić information content (AvgIpc) is 2.15. The molecule has 1 saturated carbocycles. The van der Waals surface area contributed by atoms with Gasteiger partial charge in [0.25, 0.3) is 0 Å². The van der Waals surface area contributed by atoms with Gasteiger partial charge in [0.1, 0.15) is 5.78 Å². The molecular formula is C14H27NO. The Balaban J connectivity index is 2.47. The van der Waals surface area contributed by atoms with Gasteiger partial charge in [-0.3, -0.25) is 4.79 Å². The number of hydrogen-bond acceptors (Lipinski definition) is 2. The van der Waals surface area contributed by atoms with Crippen LogP contribution in [0.3, 0.4) is 0 Å². The molecule has 3 atom stereocenters. The third kappa shape index (κ3) is 3.89. The Labute approximate surface area is 100.0 Å². The van der Waals surface area contributed by atoms with E-state index in [9.17, 15) is 4.79 Å². The van der Waals surface area contributed by atoms with Gasteiger partial charge in [-0.1, -0.05) is 27.7 Å². The maximum atomic E-state index is 12.1. The molecule has 3 unspecified atom stereocenters. The summed E-state index contributed by atoms with van der Waals surface area (Å²) in [5, 5.41) is 0. The zero-order valence-corrected chi connectivity index (χ0v) is 11.2. The third-order valence-electron chi connectivity index (χ3n) is 3.93. The lowest BCUT2D eigenvalue weighted by Gasteiger charge is -2.31. The molecule has 0 bridgehead atoms. The second-order valence-corrected chi connectivity index (χ2v) is 6.19. The van der Waals surface area contributed by atoms with Crippen molar-refractivity contribution in [3.63, 3.8) is 0 Å². The van der Waals surface area contributed by atoms with Gasteiger partial charge in [0.2, 0.25) is 0 Å². The lowest BCUT2D eigenvalue weighted by atomic mass is 9.74. The van der Waals surface area contributed by atoms with Gasteiger partial charge in [-0.05, 0) is 37.0 Å². The highest BCUT2D eigenvalue weighted by atomic mass is 16.1. The van der Waals surface area contributed by atoms with Gasteiger partial charge in [0.05, 0.1) is 0 Å². The van der Waals surface area contributed by atoms with Crippen LogP contribution in [0.2, 0.25) is 0 Å². The van der Waals surface area contributed by atoms with E-state index in [-0.39, 0.29) is 12.0 Å². The van der Waals surface area contributed by atoms with Gasteiger partial charge >= 0.3 is 0 Å². The molecule has 0 radical (unpaired) electrons. The maximum absolute atomic E-state index is 12.1. The van der Waals surface area contributed by atoms with Gasteiger partial charge in [-0.15, -0.1) is 0 Å². The Kier molecular flexibility index (Phi) is 4.97. The summed E-state index contributed by atoms with van der Waals surface area (Å²) in [6.07, 6.45) is 4.00. The summed E-state index contributed by atoms with van der Waals surface area (Å²) in [5.74, 6) is 2.49. The SMILES string of the molecule is CC1CC(C)CC(C(=O)CC(N)C(C)C)C1. The van der Waals surface area contributed by atoms with E-state index in [0.29, 0.717) is 30.0 Å². The minimum atomic E-state index is 0.0417. The van der Waals surface area contributed by atoms with Crippen LogP contribution in [0.5, 0.6) is 0 Å². The summed E-state index contributed by atoms with van der Waals surface area (Å²) in [4.78, 5) is 12.1. The minimum absolute atomic E-state index is 0.0417. The predicted octanol–water partition coefficient (Wildman–Crippen LogP) is 3.00. The molecule has 2 nitrogen and oxygen atoms in total. The highest BCUT2D eigenvalue weighted by molar-refractivity contribution is 5.81. The fourth-order valence-electron chi connectivity index (χ4n) is 2.84. The Morgan fingerprint density at radius 3 is 2.12 bits per heavy atom. The van der Waals surface area contributed by atoms with Crippen molar-refractivity contribution < 1.29 is 4.79 Å². The number of carbonyl (C=O) groups excluding carboxylic acids is 1. The first kappa shape index (κ1) is 13.7. The second-order valence-electron chi connectivity index (χ2n) is 6.19. The van der Waals surface area contributed by atoms with E-state index >= 15 is 0 Å². The van der Waals surface area contributed by atoms with Crippen LogP contribution in [0.1, 0.15) is 53.4 Å². The fraction of sp³-hybridized carbons (Fsp3) is 0.929. The average molecular weight is 225 g/mol. The van der Waals surface area contributed by atoms with E-state index in [1.54, 1.807) is 0 Å². The lowest BCUT2D eigenvalue weighted by Crippen LogP contribution is -2.34. The lowest BCUT2D eigenvalue weighted by molar-refractivity contribution is -0.125. The van der Waals surface area contributed by atoms with E-state index in [2.05, 4.69) is 27.7 Å². The molecule has 0 spiro atoms. The van der Waals surface area contributed by atoms with Crippen LogP contribution >= 0.6 is 0 Å². The van der Waals surface area contributed by atoms with Crippen LogP contribution in [-0.4, -0.2) is 11.8 Å².